The zero-order valence-corrected chi connectivity index (χ0v) is 19.5. The van der Waals surface area contributed by atoms with Gasteiger partial charge in [0.2, 0.25) is 11.5 Å². The Bertz CT molecular complexity index is 1050. The zero-order valence-electron chi connectivity index (χ0n) is 19.5. The third-order valence-electron chi connectivity index (χ3n) is 6.32. The molecule has 33 heavy (non-hydrogen) atoms. The normalized spacial score (nSPS) is 17.7. The summed E-state index contributed by atoms with van der Waals surface area (Å²) in [6.45, 7) is 7.66. The fraction of sp³-hybridized carbons (Fsp3) is 0.400. The van der Waals surface area contributed by atoms with E-state index in [0.717, 1.165) is 32.7 Å². The Morgan fingerprint density at radius 1 is 1.09 bits per heavy atom. The molecule has 0 aliphatic carbocycles. The van der Waals surface area contributed by atoms with Crippen LogP contribution in [-0.4, -0.2) is 64.7 Å². The number of ether oxygens (including phenoxy) is 4. The Kier molecular flexibility index (Phi) is 6.76. The molecule has 0 spiro atoms. The van der Waals surface area contributed by atoms with Crippen molar-refractivity contribution in [1.29, 1.82) is 0 Å². The maximum atomic E-state index is 13.1. The molecule has 8 heteroatoms. The van der Waals surface area contributed by atoms with Crippen molar-refractivity contribution in [3.05, 3.63) is 46.7 Å². The molecular formula is C25H30N2O6. The third-order valence-corrected chi connectivity index (χ3v) is 6.32. The average molecular weight is 455 g/mol. The number of benzene rings is 2. The molecule has 2 aromatic carbocycles. The summed E-state index contributed by atoms with van der Waals surface area (Å²) < 4.78 is 22.2. The van der Waals surface area contributed by atoms with Crippen molar-refractivity contribution in [2.45, 2.75) is 13.5 Å². The van der Waals surface area contributed by atoms with Gasteiger partial charge in [0.05, 0.1) is 40.0 Å². The molecule has 0 aromatic heterocycles. The van der Waals surface area contributed by atoms with Crippen LogP contribution < -0.4 is 29.0 Å². The van der Waals surface area contributed by atoms with Gasteiger partial charge in [-0.3, -0.25) is 9.69 Å². The number of allylic oxidation sites excluding steroid dienone is 1. The summed E-state index contributed by atoms with van der Waals surface area (Å²) in [7, 11) is 4.60. The molecule has 2 aliphatic heterocycles. The Hall–Kier alpha value is -3.23. The van der Waals surface area contributed by atoms with Crippen LogP contribution in [0.5, 0.6) is 28.7 Å². The van der Waals surface area contributed by atoms with Crippen LogP contribution in [0.4, 0.5) is 0 Å². The van der Waals surface area contributed by atoms with Gasteiger partial charge in [0, 0.05) is 18.7 Å². The number of methoxy groups -OCH3 is 3. The van der Waals surface area contributed by atoms with Crippen molar-refractivity contribution >= 4 is 11.9 Å². The van der Waals surface area contributed by atoms with E-state index in [2.05, 4.69) is 11.8 Å². The molecule has 0 atom stereocenters. The number of likely N-dealkylation sites (N-methyl/N-ethyl adjacent to an activating group) is 1. The lowest BCUT2D eigenvalue weighted by Gasteiger charge is -2.32. The fourth-order valence-corrected chi connectivity index (χ4v) is 4.40. The van der Waals surface area contributed by atoms with E-state index < -0.39 is 0 Å². The first-order chi connectivity index (χ1) is 16.0. The van der Waals surface area contributed by atoms with Gasteiger partial charge in [0.15, 0.2) is 17.3 Å². The Balaban J connectivity index is 1.63. The number of carbonyl (C=O) groups excluding carboxylic acids is 1. The molecule has 1 fully saturated rings. The second kappa shape index (κ2) is 9.72. The molecule has 2 heterocycles. The van der Waals surface area contributed by atoms with E-state index >= 15 is 0 Å². The first kappa shape index (κ1) is 22.9. The molecule has 1 N–H and O–H groups in total. The standard InChI is InChI=1S/C25H30N2O6/c1-5-26-8-10-27(11-9-26)15-18-19(28)7-6-17-23(29)20(33-24(17)18)12-16-13-21(30-2)25(32-4)22(14-16)31-3/h6-7,12-14,28H,5,8-11,15H2,1-4H3. The van der Waals surface area contributed by atoms with Gasteiger partial charge >= 0.3 is 0 Å². The van der Waals surface area contributed by atoms with Crippen LogP contribution in [0.25, 0.3) is 6.08 Å². The molecule has 2 aliphatic rings. The molecule has 4 rings (SSSR count). The number of Topliss-reactive ketones (excluding diaryl/α,β-unsaturated/α-hetero) is 1. The number of piperazine rings is 1. The van der Waals surface area contributed by atoms with Gasteiger partial charge in [-0.25, -0.2) is 0 Å². The maximum Gasteiger partial charge on any atom is 0.231 e. The van der Waals surface area contributed by atoms with E-state index in [4.69, 9.17) is 18.9 Å². The highest BCUT2D eigenvalue weighted by atomic mass is 16.5. The molecule has 0 amide bonds. The Labute approximate surface area is 193 Å². The van der Waals surface area contributed by atoms with E-state index in [9.17, 15) is 9.90 Å². The Morgan fingerprint density at radius 3 is 2.33 bits per heavy atom. The largest absolute Gasteiger partial charge is 0.872 e. The summed E-state index contributed by atoms with van der Waals surface area (Å²) in [5.74, 6) is 1.63. The van der Waals surface area contributed by atoms with Crippen LogP contribution in [0.15, 0.2) is 30.0 Å². The number of ketones is 1. The second-order valence-corrected chi connectivity index (χ2v) is 8.18. The molecule has 0 saturated carbocycles. The number of hydrogen-bond acceptors (Lipinski definition) is 7. The van der Waals surface area contributed by atoms with Crippen molar-refractivity contribution in [3.8, 4) is 28.7 Å². The van der Waals surface area contributed by atoms with Crippen molar-refractivity contribution in [3.63, 3.8) is 0 Å². The van der Waals surface area contributed by atoms with Crippen LogP contribution in [0.1, 0.15) is 28.4 Å². The van der Waals surface area contributed by atoms with Gasteiger partial charge in [-0.05, 0) is 36.4 Å². The van der Waals surface area contributed by atoms with E-state index in [-0.39, 0.29) is 17.3 Å². The third kappa shape index (κ3) is 4.49. The lowest BCUT2D eigenvalue weighted by Crippen LogP contribution is -3.13. The smallest absolute Gasteiger partial charge is 0.231 e. The van der Waals surface area contributed by atoms with Crippen molar-refractivity contribution in [2.24, 2.45) is 0 Å². The number of fused-ring (bicyclic) bond motifs is 1. The number of carbonyl (C=O) groups is 1. The maximum absolute atomic E-state index is 13.1. The summed E-state index contributed by atoms with van der Waals surface area (Å²) in [5, 5.41) is 12.7. The lowest BCUT2D eigenvalue weighted by atomic mass is 10.0. The average Bonchev–Trinajstić information content (AvgIpc) is 3.15. The van der Waals surface area contributed by atoms with Gasteiger partial charge in [-0.1, -0.05) is 18.7 Å². The van der Waals surface area contributed by atoms with Crippen molar-refractivity contribution in [2.75, 3.05) is 54.1 Å². The molecule has 1 saturated heterocycles. The van der Waals surface area contributed by atoms with Crippen LogP contribution in [0.3, 0.4) is 0 Å². The topological polar surface area (TPSA) is 84.7 Å². The minimum atomic E-state index is -0.245. The molecular weight excluding hydrogens is 424 g/mol. The highest BCUT2D eigenvalue weighted by Gasteiger charge is 2.32. The van der Waals surface area contributed by atoms with Crippen LogP contribution in [0, 0.1) is 0 Å². The first-order valence-corrected chi connectivity index (χ1v) is 11.1. The molecule has 2 aromatic rings. The fourth-order valence-electron chi connectivity index (χ4n) is 4.40. The van der Waals surface area contributed by atoms with Gasteiger partial charge in [-0.15, -0.1) is 0 Å². The predicted octanol–water partition coefficient (Wildman–Crippen LogP) is 1.12. The van der Waals surface area contributed by atoms with E-state index in [1.165, 1.54) is 32.3 Å². The van der Waals surface area contributed by atoms with E-state index in [1.807, 2.05) is 0 Å². The van der Waals surface area contributed by atoms with Gasteiger partial charge in [0.25, 0.3) is 0 Å². The molecule has 176 valence electrons. The van der Waals surface area contributed by atoms with Crippen molar-refractivity contribution < 1.29 is 33.7 Å². The molecule has 0 unspecified atom stereocenters. The summed E-state index contributed by atoms with van der Waals surface area (Å²) in [5.41, 5.74) is 1.65. The highest BCUT2D eigenvalue weighted by Crippen LogP contribution is 2.41. The number of nitrogens with one attached hydrogen (secondary N) is 1. The lowest BCUT2D eigenvalue weighted by molar-refractivity contribution is -0.918. The number of nitrogens with zero attached hydrogens (tertiary/aromatic N) is 1. The van der Waals surface area contributed by atoms with E-state index in [1.54, 1.807) is 24.3 Å². The van der Waals surface area contributed by atoms with Crippen LogP contribution in [-0.2, 0) is 6.54 Å². The molecule has 0 radical (unpaired) electrons. The van der Waals surface area contributed by atoms with Crippen LogP contribution >= 0.6 is 0 Å². The quantitative estimate of drug-likeness (QED) is 0.628. The minimum Gasteiger partial charge on any atom is -0.872 e. The summed E-state index contributed by atoms with van der Waals surface area (Å²) in [6.07, 6.45) is 1.63. The van der Waals surface area contributed by atoms with E-state index in [0.29, 0.717) is 46.2 Å². The van der Waals surface area contributed by atoms with Gasteiger partial charge in [-0.2, -0.15) is 0 Å². The van der Waals surface area contributed by atoms with Crippen LogP contribution in [0.2, 0.25) is 0 Å². The summed E-state index contributed by atoms with van der Waals surface area (Å²) in [4.78, 5) is 16.8. The molecule has 0 bridgehead atoms. The van der Waals surface area contributed by atoms with Gasteiger partial charge < -0.3 is 29.0 Å². The van der Waals surface area contributed by atoms with Crippen molar-refractivity contribution in [1.82, 2.24) is 4.90 Å². The number of hydrogen-bond donors (Lipinski definition) is 1. The molecule has 8 nitrogen and oxygen atoms in total. The zero-order chi connectivity index (χ0) is 23.5. The first-order valence-electron chi connectivity index (χ1n) is 11.1. The minimum absolute atomic E-state index is 0.0963. The Morgan fingerprint density at radius 2 is 1.76 bits per heavy atom. The summed E-state index contributed by atoms with van der Waals surface area (Å²) in [6, 6.07) is 6.51. The highest BCUT2D eigenvalue weighted by molar-refractivity contribution is 6.15. The van der Waals surface area contributed by atoms with Gasteiger partial charge in [0.1, 0.15) is 12.3 Å². The predicted molar refractivity (Wildman–Crippen MR) is 121 cm³/mol. The number of rotatable bonds is 7. The SMILES string of the molecule is CCN1CC[NH+](Cc2c([O-])ccc3c2OC(=Cc2cc(OC)c(OC)c(OC)c2)C3=O)CC1. The number of quaternary nitrogens is 1. The monoisotopic (exact) mass is 454 g/mol. The second-order valence-electron chi connectivity index (χ2n) is 8.18. The summed E-state index contributed by atoms with van der Waals surface area (Å²) >= 11 is 0.